The number of nitrogens with two attached hydrogens (primary N) is 1. The summed E-state index contributed by atoms with van der Waals surface area (Å²) in [7, 11) is 0. The molecular weight excluding hydrogens is 184 g/mol. The standard InChI is InChI=1S/C13H18N2/c1-10-4-2-3-5-13(10)15-8-11-6-14-7-12(11)9-15/h2-5,11-12,14H,6-9H2,1H3/p+1. The summed E-state index contributed by atoms with van der Waals surface area (Å²) in [6.07, 6.45) is 0. The lowest BCUT2D eigenvalue weighted by atomic mass is 10.0. The van der Waals surface area contributed by atoms with E-state index >= 15 is 0 Å². The Morgan fingerprint density at radius 3 is 2.47 bits per heavy atom. The Kier molecular flexibility index (Phi) is 2.17. The fourth-order valence-corrected chi connectivity index (χ4v) is 3.11. The summed E-state index contributed by atoms with van der Waals surface area (Å²) >= 11 is 0. The van der Waals surface area contributed by atoms with Crippen molar-refractivity contribution in [1.82, 2.24) is 0 Å². The minimum Gasteiger partial charge on any atom is -0.370 e. The molecule has 2 atom stereocenters. The molecule has 2 heterocycles. The van der Waals surface area contributed by atoms with Crippen molar-refractivity contribution >= 4 is 5.69 Å². The highest BCUT2D eigenvalue weighted by Crippen LogP contribution is 2.30. The third-order valence-corrected chi connectivity index (χ3v) is 3.97. The molecule has 2 heteroatoms. The maximum absolute atomic E-state index is 2.58. The highest BCUT2D eigenvalue weighted by Gasteiger charge is 2.39. The first-order valence-corrected chi connectivity index (χ1v) is 5.97. The Morgan fingerprint density at radius 2 is 1.80 bits per heavy atom. The van der Waals surface area contributed by atoms with E-state index < -0.39 is 0 Å². The zero-order chi connectivity index (χ0) is 10.3. The van der Waals surface area contributed by atoms with Crippen molar-refractivity contribution in [2.24, 2.45) is 11.8 Å². The van der Waals surface area contributed by atoms with Gasteiger partial charge in [-0.1, -0.05) is 18.2 Å². The second kappa shape index (κ2) is 3.53. The van der Waals surface area contributed by atoms with Gasteiger partial charge in [0.1, 0.15) is 0 Å². The maximum Gasteiger partial charge on any atom is 0.0806 e. The molecule has 2 aliphatic heterocycles. The average molecular weight is 203 g/mol. The van der Waals surface area contributed by atoms with E-state index in [0.29, 0.717) is 0 Å². The number of fused-ring (bicyclic) bond motifs is 1. The summed E-state index contributed by atoms with van der Waals surface area (Å²) in [5.74, 6) is 1.87. The van der Waals surface area contributed by atoms with Crippen molar-refractivity contribution in [2.45, 2.75) is 6.92 Å². The van der Waals surface area contributed by atoms with Crippen LogP contribution in [0.15, 0.2) is 24.3 Å². The predicted molar refractivity (Wildman–Crippen MR) is 62.0 cm³/mol. The second-order valence-electron chi connectivity index (χ2n) is 4.97. The Hall–Kier alpha value is -1.02. The highest BCUT2D eigenvalue weighted by atomic mass is 15.2. The minimum absolute atomic E-state index is 0.935. The van der Waals surface area contributed by atoms with Crippen LogP contribution in [0.2, 0.25) is 0 Å². The molecule has 2 unspecified atom stereocenters. The van der Waals surface area contributed by atoms with Crippen LogP contribution in [0.25, 0.3) is 0 Å². The Balaban J connectivity index is 1.82. The zero-order valence-corrected chi connectivity index (χ0v) is 9.32. The maximum atomic E-state index is 2.58. The van der Waals surface area contributed by atoms with Crippen LogP contribution in [0.1, 0.15) is 5.56 Å². The molecule has 1 aromatic rings. The van der Waals surface area contributed by atoms with E-state index in [0.717, 1.165) is 11.8 Å². The van der Waals surface area contributed by atoms with Gasteiger partial charge in [-0.2, -0.15) is 0 Å². The van der Waals surface area contributed by atoms with E-state index in [1.165, 1.54) is 37.4 Å². The van der Waals surface area contributed by atoms with Crippen LogP contribution in [0, 0.1) is 18.8 Å². The summed E-state index contributed by atoms with van der Waals surface area (Å²) in [6.45, 7) is 7.44. The molecule has 0 amide bonds. The monoisotopic (exact) mass is 203 g/mol. The minimum atomic E-state index is 0.935. The lowest BCUT2D eigenvalue weighted by Gasteiger charge is -2.21. The number of benzene rings is 1. The molecule has 0 radical (unpaired) electrons. The van der Waals surface area contributed by atoms with Crippen LogP contribution in [0.5, 0.6) is 0 Å². The fraction of sp³-hybridized carbons (Fsp3) is 0.538. The van der Waals surface area contributed by atoms with Crippen LogP contribution in [-0.4, -0.2) is 26.2 Å². The first-order chi connectivity index (χ1) is 7.34. The molecule has 0 bridgehead atoms. The van der Waals surface area contributed by atoms with Gasteiger partial charge in [0, 0.05) is 30.6 Å². The second-order valence-corrected chi connectivity index (χ2v) is 4.97. The molecular formula is C13H19N2+. The SMILES string of the molecule is Cc1ccccc1N1CC2C[NH2+]CC2C1. The smallest absolute Gasteiger partial charge is 0.0806 e. The van der Waals surface area contributed by atoms with Gasteiger partial charge < -0.3 is 10.2 Å². The van der Waals surface area contributed by atoms with E-state index in [4.69, 9.17) is 0 Å². The van der Waals surface area contributed by atoms with E-state index in [1.807, 2.05) is 0 Å². The van der Waals surface area contributed by atoms with Crippen LogP contribution in [0.3, 0.4) is 0 Å². The van der Waals surface area contributed by atoms with Gasteiger partial charge in [0.15, 0.2) is 0 Å². The third kappa shape index (κ3) is 1.53. The first-order valence-electron chi connectivity index (χ1n) is 5.97. The van der Waals surface area contributed by atoms with Gasteiger partial charge in [-0.3, -0.25) is 0 Å². The van der Waals surface area contributed by atoms with Gasteiger partial charge in [-0.05, 0) is 18.6 Å². The van der Waals surface area contributed by atoms with Crippen molar-refractivity contribution in [3.8, 4) is 0 Å². The van der Waals surface area contributed by atoms with Crippen LogP contribution in [-0.2, 0) is 0 Å². The fourth-order valence-electron chi connectivity index (χ4n) is 3.11. The van der Waals surface area contributed by atoms with Gasteiger partial charge >= 0.3 is 0 Å². The molecule has 0 aromatic heterocycles. The molecule has 1 aromatic carbocycles. The summed E-state index contributed by atoms with van der Waals surface area (Å²) in [4.78, 5) is 2.58. The molecule has 2 aliphatic rings. The molecule has 3 rings (SSSR count). The summed E-state index contributed by atoms with van der Waals surface area (Å²) < 4.78 is 0. The molecule has 80 valence electrons. The van der Waals surface area contributed by atoms with Gasteiger partial charge in [-0.25, -0.2) is 0 Å². The lowest BCUT2D eigenvalue weighted by molar-refractivity contribution is -0.640. The molecule has 0 aliphatic carbocycles. The normalized spacial score (nSPS) is 29.5. The van der Waals surface area contributed by atoms with Gasteiger partial charge in [-0.15, -0.1) is 0 Å². The van der Waals surface area contributed by atoms with Gasteiger partial charge in [0.2, 0.25) is 0 Å². The number of rotatable bonds is 1. The number of para-hydroxylation sites is 1. The Morgan fingerprint density at radius 1 is 1.13 bits per heavy atom. The van der Waals surface area contributed by atoms with Crippen LogP contribution >= 0.6 is 0 Å². The van der Waals surface area contributed by atoms with Crippen LogP contribution < -0.4 is 10.2 Å². The summed E-state index contributed by atoms with van der Waals surface area (Å²) in [5.41, 5.74) is 2.87. The summed E-state index contributed by atoms with van der Waals surface area (Å²) in [6, 6.07) is 8.77. The van der Waals surface area contributed by atoms with Crippen molar-refractivity contribution < 1.29 is 5.32 Å². The molecule has 0 saturated carbocycles. The quantitative estimate of drug-likeness (QED) is 0.709. The molecule has 2 N–H and O–H groups in total. The van der Waals surface area contributed by atoms with E-state index in [2.05, 4.69) is 41.4 Å². The van der Waals surface area contributed by atoms with E-state index in [-0.39, 0.29) is 0 Å². The number of anilines is 1. The third-order valence-electron chi connectivity index (χ3n) is 3.97. The largest absolute Gasteiger partial charge is 0.370 e. The average Bonchev–Trinajstić information content (AvgIpc) is 2.77. The Bertz CT molecular complexity index is 349. The number of quaternary nitrogens is 1. The van der Waals surface area contributed by atoms with E-state index in [9.17, 15) is 0 Å². The van der Waals surface area contributed by atoms with Crippen molar-refractivity contribution in [2.75, 3.05) is 31.1 Å². The molecule has 2 nitrogen and oxygen atoms in total. The van der Waals surface area contributed by atoms with Crippen LogP contribution in [0.4, 0.5) is 5.69 Å². The lowest BCUT2D eigenvalue weighted by Crippen LogP contribution is -2.82. The molecule has 2 fully saturated rings. The molecule has 15 heavy (non-hydrogen) atoms. The summed E-state index contributed by atoms with van der Waals surface area (Å²) in [5, 5.41) is 2.48. The Labute approximate surface area is 91.3 Å². The van der Waals surface area contributed by atoms with Crippen molar-refractivity contribution in [3.05, 3.63) is 29.8 Å². The first kappa shape index (κ1) is 9.22. The number of hydrogen-bond acceptors (Lipinski definition) is 1. The van der Waals surface area contributed by atoms with Crippen molar-refractivity contribution in [1.29, 1.82) is 0 Å². The van der Waals surface area contributed by atoms with Crippen molar-refractivity contribution in [3.63, 3.8) is 0 Å². The number of aryl methyl sites for hydroxylation is 1. The van der Waals surface area contributed by atoms with E-state index in [1.54, 1.807) is 0 Å². The topological polar surface area (TPSA) is 19.9 Å². The van der Waals surface area contributed by atoms with Gasteiger partial charge in [0.05, 0.1) is 13.1 Å². The zero-order valence-electron chi connectivity index (χ0n) is 9.32. The molecule has 2 saturated heterocycles. The van der Waals surface area contributed by atoms with Gasteiger partial charge in [0.25, 0.3) is 0 Å². The molecule has 0 spiro atoms. The highest BCUT2D eigenvalue weighted by molar-refractivity contribution is 5.53. The predicted octanol–water partition coefficient (Wildman–Crippen LogP) is 0.624. The number of hydrogen-bond donors (Lipinski definition) is 1. The number of nitrogens with zero attached hydrogens (tertiary/aromatic N) is 1.